The van der Waals surface area contributed by atoms with Crippen molar-refractivity contribution in [2.75, 3.05) is 13.2 Å². The summed E-state index contributed by atoms with van der Waals surface area (Å²) in [6.45, 7) is 7.94. The molecule has 1 aromatic carbocycles. The van der Waals surface area contributed by atoms with E-state index >= 15 is 0 Å². The van der Waals surface area contributed by atoms with Crippen molar-refractivity contribution in [2.24, 2.45) is 5.73 Å². The summed E-state index contributed by atoms with van der Waals surface area (Å²) in [5.41, 5.74) is 7.71. The second-order valence-corrected chi connectivity index (χ2v) is 5.01. The highest BCUT2D eigenvalue weighted by Gasteiger charge is 2.34. The molecular weight excluding hydrogens is 222 g/mol. The van der Waals surface area contributed by atoms with Gasteiger partial charge in [-0.15, -0.1) is 0 Å². The summed E-state index contributed by atoms with van der Waals surface area (Å²) in [6, 6.07) is 10.8. The molecule has 18 heavy (non-hydrogen) atoms. The van der Waals surface area contributed by atoms with E-state index in [1.54, 1.807) is 0 Å². The first-order valence-electron chi connectivity index (χ1n) is 7.06. The number of rotatable bonds is 8. The number of hydrogen-bond acceptors (Lipinski definition) is 2. The topological polar surface area (TPSA) is 35.2 Å². The third kappa shape index (κ3) is 3.56. The molecule has 0 aliphatic carbocycles. The van der Waals surface area contributed by atoms with Crippen molar-refractivity contribution in [1.29, 1.82) is 0 Å². The molecule has 2 nitrogen and oxygen atoms in total. The van der Waals surface area contributed by atoms with Crippen LogP contribution in [0.25, 0.3) is 0 Å². The van der Waals surface area contributed by atoms with Gasteiger partial charge in [0.2, 0.25) is 0 Å². The molecule has 2 heteroatoms. The Balaban J connectivity index is 2.97. The van der Waals surface area contributed by atoms with Crippen molar-refractivity contribution in [1.82, 2.24) is 0 Å². The van der Waals surface area contributed by atoms with Crippen LogP contribution in [-0.2, 0) is 10.2 Å². The molecular formula is C16H27NO. The summed E-state index contributed by atoms with van der Waals surface area (Å²) in [5, 5.41) is 0. The molecule has 0 heterocycles. The lowest BCUT2D eigenvalue weighted by Gasteiger charge is -2.38. The Morgan fingerprint density at radius 1 is 1.17 bits per heavy atom. The minimum Gasteiger partial charge on any atom is -0.382 e. The standard InChI is InChI=1S/C16H27NO/c1-4-11-16(14(3)17,12-13-18-5-2)15-9-7-6-8-10-15/h6-10,14H,4-5,11-13,17H2,1-3H3/t14-,16-/m0/s1. The summed E-state index contributed by atoms with van der Waals surface area (Å²) in [7, 11) is 0. The van der Waals surface area contributed by atoms with E-state index in [0.29, 0.717) is 0 Å². The molecule has 0 fully saturated rings. The van der Waals surface area contributed by atoms with Gasteiger partial charge in [0.25, 0.3) is 0 Å². The molecule has 0 bridgehead atoms. The van der Waals surface area contributed by atoms with E-state index in [4.69, 9.17) is 10.5 Å². The van der Waals surface area contributed by atoms with E-state index in [1.165, 1.54) is 5.56 Å². The Hall–Kier alpha value is -0.860. The quantitative estimate of drug-likeness (QED) is 0.716. The number of nitrogens with two attached hydrogens (primary N) is 1. The molecule has 0 amide bonds. The first kappa shape index (κ1) is 15.2. The van der Waals surface area contributed by atoms with E-state index in [9.17, 15) is 0 Å². The lowest BCUT2D eigenvalue weighted by atomic mass is 9.69. The van der Waals surface area contributed by atoms with Gasteiger partial charge in [0.05, 0.1) is 0 Å². The van der Waals surface area contributed by atoms with Gasteiger partial charge in [0, 0.05) is 24.7 Å². The first-order chi connectivity index (χ1) is 8.67. The Labute approximate surface area is 112 Å². The molecule has 1 rings (SSSR count). The van der Waals surface area contributed by atoms with E-state index in [1.807, 2.05) is 6.92 Å². The fourth-order valence-electron chi connectivity index (χ4n) is 2.75. The van der Waals surface area contributed by atoms with E-state index in [0.717, 1.165) is 32.5 Å². The highest BCUT2D eigenvalue weighted by atomic mass is 16.5. The van der Waals surface area contributed by atoms with Crippen LogP contribution in [0.15, 0.2) is 30.3 Å². The summed E-state index contributed by atoms with van der Waals surface area (Å²) in [6.07, 6.45) is 3.25. The van der Waals surface area contributed by atoms with Crippen LogP contribution in [0.1, 0.15) is 45.6 Å². The van der Waals surface area contributed by atoms with Crippen molar-refractivity contribution >= 4 is 0 Å². The minimum atomic E-state index is 0.0468. The molecule has 0 aliphatic rings. The molecule has 102 valence electrons. The van der Waals surface area contributed by atoms with Gasteiger partial charge in [-0.1, -0.05) is 43.7 Å². The van der Waals surface area contributed by atoms with Crippen LogP contribution in [0.3, 0.4) is 0 Å². The van der Waals surface area contributed by atoms with Gasteiger partial charge < -0.3 is 10.5 Å². The molecule has 0 radical (unpaired) electrons. The van der Waals surface area contributed by atoms with Gasteiger partial charge in [-0.25, -0.2) is 0 Å². The van der Waals surface area contributed by atoms with Crippen LogP contribution in [0.5, 0.6) is 0 Å². The lowest BCUT2D eigenvalue weighted by molar-refractivity contribution is 0.116. The van der Waals surface area contributed by atoms with Crippen molar-refractivity contribution in [3.05, 3.63) is 35.9 Å². The van der Waals surface area contributed by atoms with Crippen LogP contribution < -0.4 is 5.73 Å². The van der Waals surface area contributed by atoms with Crippen molar-refractivity contribution in [3.8, 4) is 0 Å². The van der Waals surface area contributed by atoms with Gasteiger partial charge in [0.15, 0.2) is 0 Å². The Morgan fingerprint density at radius 2 is 1.83 bits per heavy atom. The van der Waals surface area contributed by atoms with Crippen LogP contribution in [0, 0.1) is 0 Å². The summed E-state index contributed by atoms with van der Waals surface area (Å²) < 4.78 is 5.55. The first-order valence-corrected chi connectivity index (χ1v) is 7.06. The maximum Gasteiger partial charge on any atom is 0.0474 e. The predicted octanol–water partition coefficient (Wildman–Crippen LogP) is 3.50. The van der Waals surface area contributed by atoms with Gasteiger partial charge >= 0.3 is 0 Å². The zero-order valence-electron chi connectivity index (χ0n) is 12.0. The zero-order chi connectivity index (χ0) is 13.4. The van der Waals surface area contributed by atoms with Crippen LogP contribution >= 0.6 is 0 Å². The smallest absolute Gasteiger partial charge is 0.0474 e. The number of hydrogen-bond donors (Lipinski definition) is 1. The monoisotopic (exact) mass is 249 g/mol. The van der Waals surface area contributed by atoms with Crippen molar-refractivity contribution in [2.45, 2.75) is 51.5 Å². The zero-order valence-corrected chi connectivity index (χ0v) is 12.0. The van der Waals surface area contributed by atoms with E-state index < -0.39 is 0 Å². The second kappa shape index (κ2) is 7.55. The average molecular weight is 249 g/mol. The molecule has 0 saturated heterocycles. The number of ether oxygens (including phenoxy) is 1. The molecule has 0 aliphatic heterocycles. The van der Waals surface area contributed by atoms with Crippen molar-refractivity contribution in [3.63, 3.8) is 0 Å². The Kier molecular flexibility index (Phi) is 6.37. The molecule has 0 unspecified atom stereocenters. The third-order valence-corrected chi connectivity index (χ3v) is 3.81. The van der Waals surface area contributed by atoms with Crippen LogP contribution in [0.2, 0.25) is 0 Å². The fraction of sp³-hybridized carbons (Fsp3) is 0.625. The maximum absolute atomic E-state index is 6.32. The van der Waals surface area contributed by atoms with Crippen LogP contribution in [-0.4, -0.2) is 19.3 Å². The summed E-state index contributed by atoms with van der Waals surface area (Å²) >= 11 is 0. The van der Waals surface area contributed by atoms with Gasteiger partial charge in [0.1, 0.15) is 0 Å². The second-order valence-electron chi connectivity index (χ2n) is 5.01. The third-order valence-electron chi connectivity index (χ3n) is 3.81. The predicted molar refractivity (Wildman–Crippen MR) is 77.8 cm³/mol. The van der Waals surface area contributed by atoms with E-state index in [2.05, 4.69) is 44.2 Å². The SMILES string of the molecule is CCC[C@@](CCOCC)(c1ccccc1)[C@H](C)N. The van der Waals surface area contributed by atoms with Gasteiger partial charge in [-0.2, -0.15) is 0 Å². The highest BCUT2D eigenvalue weighted by Crippen LogP contribution is 2.35. The maximum atomic E-state index is 6.32. The normalized spacial score (nSPS) is 16.2. The Bertz CT molecular complexity index is 323. The van der Waals surface area contributed by atoms with Gasteiger partial charge in [-0.3, -0.25) is 0 Å². The lowest BCUT2D eigenvalue weighted by Crippen LogP contribution is -2.44. The minimum absolute atomic E-state index is 0.0468. The van der Waals surface area contributed by atoms with E-state index in [-0.39, 0.29) is 11.5 Å². The average Bonchev–Trinajstić information content (AvgIpc) is 2.38. The Morgan fingerprint density at radius 3 is 2.33 bits per heavy atom. The molecule has 1 aromatic rings. The summed E-state index contributed by atoms with van der Waals surface area (Å²) in [5.74, 6) is 0. The number of benzene rings is 1. The van der Waals surface area contributed by atoms with Gasteiger partial charge in [-0.05, 0) is 32.3 Å². The fourth-order valence-corrected chi connectivity index (χ4v) is 2.75. The van der Waals surface area contributed by atoms with Crippen molar-refractivity contribution < 1.29 is 4.74 Å². The molecule has 2 atom stereocenters. The highest BCUT2D eigenvalue weighted by molar-refractivity contribution is 5.27. The summed E-state index contributed by atoms with van der Waals surface area (Å²) in [4.78, 5) is 0. The molecule has 0 saturated carbocycles. The molecule has 0 aromatic heterocycles. The largest absolute Gasteiger partial charge is 0.382 e. The molecule has 0 spiro atoms. The molecule has 2 N–H and O–H groups in total. The van der Waals surface area contributed by atoms with Crippen LogP contribution in [0.4, 0.5) is 0 Å².